The second kappa shape index (κ2) is 9.24. The molecule has 23 heavy (non-hydrogen) atoms. The first-order valence-corrected chi connectivity index (χ1v) is 9.06. The molecule has 3 atom stereocenters. The van der Waals surface area contributed by atoms with E-state index in [1.54, 1.807) is 0 Å². The lowest BCUT2D eigenvalue weighted by atomic mass is 9.77. The van der Waals surface area contributed by atoms with Crippen molar-refractivity contribution in [3.05, 3.63) is 0 Å². The third-order valence-electron chi connectivity index (χ3n) is 5.32. The largest absolute Gasteiger partial charge is 0.364 e. The van der Waals surface area contributed by atoms with Crippen LogP contribution < -0.4 is 11.1 Å². The van der Waals surface area contributed by atoms with Gasteiger partial charge in [0.15, 0.2) is 0 Å². The average Bonchev–Trinajstić information content (AvgIpc) is 2.95. The number of nitrogens with one attached hydrogen (secondary N) is 1. The molecule has 4 nitrogen and oxygen atoms in total. The van der Waals surface area contributed by atoms with Gasteiger partial charge in [0, 0.05) is 12.6 Å². The smallest absolute Gasteiger partial charge is 0.249 e. The number of halogens is 1. The second-order valence-electron chi connectivity index (χ2n) is 8.23. The molecule has 5 heteroatoms. The van der Waals surface area contributed by atoms with Gasteiger partial charge in [-0.05, 0) is 30.6 Å². The van der Waals surface area contributed by atoms with E-state index < -0.39 is 0 Å². The SMILES string of the molecule is CC(C)(C)C(CC1CCCCC1)NC(=O)[C@@H]1CC[C@H](CN)O1.Cl. The molecule has 0 spiro atoms. The molecule has 0 aromatic heterocycles. The molecule has 1 amide bonds. The van der Waals surface area contributed by atoms with Gasteiger partial charge in [0.25, 0.3) is 0 Å². The molecule has 1 saturated heterocycles. The molecule has 3 N–H and O–H groups in total. The number of carbonyl (C=O) groups excluding carboxylic acids is 1. The van der Waals surface area contributed by atoms with Gasteiger partial charge in [-0.1, -0.05) is 52.9 Å². The summed E-state index contributed by atoms with van der Waals surface area (Å²) in [5.41, 5.74) is 5.72. The summed E-state index contributed by atoms with van der Waals surface area (Å²) in [4.78, 5) is 12.5. The highest BCUT2D eigenvalue weighted by Gasteiger charge is 2.34. The summed E-state index contributed by atoms with van der Waals surface area (Å²) in [6.45, 7) is 7.17. The number of carbonyl (C=O) groups is 1. The van der Waals surface area contributed by atoms with E-state index in [1.165, 1.54) is 32.1 Å². The van der Waals surface area contributed by atoms with Crippen molar-refractivity contribution in [2.75, 3.05) is 6.54 Å². The lowest BCUT2D eigenvalue weighted by Gasteiger charge is -2.36. The van der Waals surface area contributed by atoms with Gasteiger partial charge >= 0.3 is 0 Å². The van der Waals surface area contributed by atoms with E-state index in [2.05, 4.69) is 26.1 Å². The average molecular weight is 347 g/mol. The molecule has 1 aliphatic carbocycles. The van der Waals surface area contributed by atoms with Crippen LogP contribution in [0.25, 0.3) is 0 Å². The Hall–Kier alpha value is -0.320. The number of hydrogen-bond donors (Lipinski definition) is 2. The molecule has 1 saturated carbocycles. The lowest BCUT2D eigenvalue weighted by Crippen LogP contribution is -2.48. The lowest BCUT2D eigenvalue weighted by molar-refractivity contribution is -0.133. The van der Waals surface area contributed by atoms with Gasteiger partial charge in [0.2, 0.25) is 5.91 Å². The fraction of sp³-hybridized carbons (Fsp3) is 0.944. The molecule has 0 bridgehead atoms. The van der Waals surface area contributed by atoms with Gasteiger partial charge in [-0.25, -0.2) is 0 Å². The molecule has 1 unspecified atom stereocenters. The van der Waals surface area contributed by atoms with Crippen LogP contribution in [0.2, 0.25) is 0 Å². The van der Waals surface area contributed by atoms with Gasteiger partial charge in [-0.3, -0.25) is 4.79 Å². The summed E-state index contributed by atoms with van der Waals surface area (Å²) in [5.74, 6) is 0.825. The first-order valence-electron chi connectivity index (χ1n) is 9.06. The zero-order valence-electron chi connectivity index (χ0n) is 15.0. The Labute approximate surface area is 147 Å². The molecular formula is C18H35ClN2O2. The highest BCUT2D eigenvalue weighted by molar-refractivity contribution is 5.85. The van der Waals surface area contributed by atoms with Crippen LogP contribution in [-0.2, 0) is 9.53 Å². The quantitative estimate of drug-likeness (QED) is 0.801. The molecule has 0 radical (unpaired) electrons. The summed E-state index contributed by atoms with van der Waals surface area (Å²) in [5, 5.41) is 3.29. The van der Waals surface area contributed by atoms with Gasteiger partial charge in [0.05, 0.1) is 6.10 Å². The predicted molar refractivity (Wildman–Crippen MR) is 96.8 cm³/mol. The number of hydrogen-bond acceptors (Lipinski definition) is 3. The Morgan fingerprint density at radius 3 is 2.35 bits per heavy atom. The van der Waals surface area contributed by atoms with E-state index in [4.69, 9.17) is 10.5 Å². The third kappa shape index (κ3) is 6.24. The van der Waals surface area contributed by atoms with Crippen LogP contribution in [0.5, 0.6) is 0 Å². The monoisotopic (exact) mass is 346 g/mol. The van der Waals surface area contributed by atoms with E-state index in [1.807, 2.05) is 0 Å². The van der Waals surface area contributed by atoms with Crippen LogP contribution in [0.1, 0.15) is 72.1 Å². The van der Waals surface area contributed by atoms with Gasteiger partial charge in [-0.2, -0.15) is 0 Å². The Kier molecular flexibility index (Phi) is 8.32. The van der Waals surface area contributed by atoms with Crippen molar-refractivity contribution >= 4 is 18.3 Å². The fourth-order valence-electron chi connectivity index (χ4n) is 3.72. The zero-order valence-corrected chi connectivity index (χ0v) is 15.8. The fourth-order valence-corrected chi connectivity index (χ4v) is 3.72. The molecule has 2 fully saturated rings. The van der Waals surface area contributed by atoms with Crippen molar-refractivity contribution in [2.45, 2.75) is 90.4 Å². The highest BCUT2D eigenvalue weighted by Crippen LogP contribution is 2.32. The Bertz CT molecular complexity index is 365. The number of rotatable bonds is 5. The van der Waals surface area contributed by atoms with E-state index in [9.17, 15) is 4.79 Å². The third-order valence-corrected chi connectivity index (χ3v) is 5.32. The number of amides is 1. The van der Waals surface area contributed by atoms with Crippen molar-refractivity contribution in [1.82, 2.24) is 5.32 Å². The molecule has 1 aliphatic heterocycles. The normalized spacial score (nSPS) is 27.3. The van der Waals surface area contributed by atoms with Crippen molar-refractivity contribution in [1.29, 1.82) is 0 Å². The summed E-state index contributed by atoms with van der Waals surface area (Å²) in [7, 11) is 0. The predicted octanol–water partition coefficient (Wildman–Crippen LogP) is 3.42. The minimum absolute atomic E-state index is 0. The van der Waals surface area contributed by atoms with Crippen molar-refractivity contribution in [2.24, 2.45) is 17.1 Å². The summed E-state index contributed by atoms with van der Waals surface area (Å²) in [6, 6.07) is 0.226. The maximum atomic E-state index is 12.5. The summed E-state index contributed by atoms with van der Waals surface area (Å²) < 4.78 is 5.74. The maximum Gasteiger partial charge on any atom is 0.249 e. The topological polar surface area (TPSA) is 64.4 Å². The first kappa shape index (κ1) is 20.7. The minimum Gasteiger partial charge on any atom is -0.364 e. The number of nitrogens with two attached hydrogens (primary N) is 1. The Balaban J connectivity index is 0.00000264. The molecule has 2 rings (SSSR count). The van der Waals surface area contributed by atoms with E-state index in [-0.39, 0.29) is 42.0 Å². The first-order chi connectivity index (χ1) is 10.4. The van der Waals surface area contributed by atoms with Crippen LogP contribution in [-0.4, -0.2) is 30.7 Å². The summed E-state index contributed by atoms with van der Waals surface area (Å²) in [6.07, 6.45) is 9.26. The molecule has 2 aliphatic rings. The number of ether oxygens (including phenoxy) is 1. The van der Waals surface area contributed by atoms with E-state index in [0.717, 1.165) is 25.2 Å². The molecule has 136 valence electrons. The molecule has 1 heterocycles. The van der Waals surface area contributed by atoms with Crippen LogP contribution >= 0.6 is 12.4 Å². The highest BCUT2D eigenvalue weighted by atomic mass is 35.5. The zero-order chi connectivity index (χ0) is 16.2. The van der Waals surface area contributed by atoms with Gasteiger partial charge in [-0.15, -0.1) is 12.4 Å². The van der Waals surface area contributed by atoms with Crippen LogP contribution in [0.3, 0.4) is 0 Å². The van der Waals surface area contributed by atoms with Crippen LogP contribution in [0, 0.1) is 11.3 Å². The van der Waals surface area contributed by atoms with Crippen molar-refractivity contribution in [3.8, 4) is 0 Å². The van der Waals surface area contributed by atoms with Crippen molar-refractivity contribution < 1.29 is 9.53 Å². The van der Waals surface area contributed by atoms with Gasteiger partial charge < -0.3 is 15.8 Å². The second-order valence-corrected chi connectivity index (χ2v) is 8.23. The van der Waals surface area contributed by atoms with E-state index >= 15 is 0 Å². The molecule has 0 aromatic carbocycles. The Morgan fingerprint density at radius 1 is 1.17 bits per heavy atom. The van der Waals surface area contributed by atoms with Crippen LogP contribution in [0.15, 0.2) is 0 Å². The van der Waals surface area contributed by atoms with Crippen LogP contribution in [0.4, 0.5) is 0 Å². The maximum absolute atomic E-state index is 12.5. The van der Waals surface area contributed by atoms with Crippen molar-refractivity contribution in [3.63, 3.8) is 0 Å². The Morgan fingerprint density at radius 2 is 1.83 bits per heavy atom. The summed E-state index contributed by atoms with van der Waals surface area (Å²) >= 11 is 0. The van der Waals surface area contributed by atoms with E-state index in [0.29, 0.717) is 6.54 Å². The molecule has 0 aromatic rings. The standard InChI is InChI=1S/C18H34N2O2.ClH/c1-18(2,3)16(11-13-7-5-4-6-8-13)20-17(21)15-10-9-14(12-19)22-15;/h13-16H,4-12,19H2,1-3H3,(H,20,21);1H/t14-,15+,16?;/m1./s1. The minimum atomic E-state index is -0.301. The molecular weight excluding hydrogens is 312 g/mol. The van der Waals surface area contributed by atoms with Gasteiger partial charge in [0.1, 0.15) is 6.10 Å².